The Bertz CT molecular complexity index is 651. The van der Waals surface area contributed by atoms with E-state index in [2.05, 4.69) is 72.9 Å². The summed E-state index contributed by atoms with van der Waals surface area (Å²) in [7, 11) is -1.70. The van der Waals surface area contributed by atoms with Crippen LogP contribution in [0.15, 0.2) is 27.7 Å². The number of nitrogens with zero attached hydrogens (tertiary/aromatic N) is 2. The Balaban J connectivity index is 1.72. The van der Waals surface area contributed by atoms with Crippen LogP contribution in [0.2, 0.25) is 18.1 Å². The minimum absolute atomic E-state index is 0.270. The molecule has 0 bridgehead atoms. The molecular weight excluding hydrogens is 380 g/mol. The molecule has 2 aliphatic heterocycles. The predicted octanol–water partition coefficient (Wildman–Crippen LogP) is 5.87. The number of hydrogen-bond acceptors (Lipinski definition) is 3. The van der Waals surface area contributed by atoms with E-state index in [-0.39, 0.29) is 5.04 Å². The molecule has 1 atom stereocenters. The second kappa shape index (κ2) is 6.58. The van der Waals surface area contributed by atoms with Gasteiger partial charge in [-0.15, -0.1) is 0 Å². The minimum Gasteiger partial charge on any atom is -0.414 e. The first kappa shape index (κ1) is 18.1. The van der Waals surface area contributed by atoms with Gasteiger partial charge in [0.2, 0.25) is 0 Å². The van der Waals surface area contributed by atoms with E-state index >= 15 is 0 Å². The maximum atomic E-state index is 6.68. The van der Waals surface area contributed by atoms with Crippen LogP contribution in [0.1, 0.15) is 45.6 Å². The lowest BCUT2D eigenvalue weighted by molar-refractivity contribution is 0.161. The standard InChI is InChI=1S/C19H29BrN2OSi/c1-19(2,3)24(4,5)23-16-7-9-18-21-17-8-6-15(20)12-14(17)13-22(18)11-10-16/h6,8,12,16H,7,9-11,13H2,1-5H3. The molecule has 0 saturated carbocycles. The fraction of sp³-hybridized carbons (Fsp3) is 0.632. The summed E-state index contributed by atoms with van der Waals surface area (Å²) >= 11 is 3.57. The number of fused-ring (bicyclic) bond motifs is 2. The number of aliphatic imine (C=N–C) groups is 1. The Morgan fingerprint density at radius 2 is 2.00 bits per heavy atom. The van der Waals surface area contributed by atoms with E-state index < -0.39 is 8.32 Å². The summed E-state index contributed by atoms with van der Waals surface area (Å²) in [5, 5.41) is 0.270. The molecule has 0 spiro atoms. The van der Waals surface area contributed by atoms with E-state index in [9.17, 15) is 0 Å². The van der Waals surface area contributed by atoms with Gasteiger partial charge in [-0.1, -0.05) is 36.7 Å². The van der Waals surface area contributed by atoms with E-state index in [1.807, 2.05) is 0 Å². The van der Waals surface area contributed by atoms with Crippen molar-refractivity contribution >= 4 is 35.8 Å². The van der Waals surface area contributed by atoms with E-state index in [1.54, 1.807) is 0 Å². The van der Waals surface area contributed by atoms with E-state index in [0.29, 0.717) is 6.10 Å². The average Bonchev–Trinajstić information content (AvgIpc) is 2.66. The van der Waals surface area contributed by atoms with Crippen molar-refractivity contribution in [1.29, 1.82) is 0 Å². The minimum atomic E-state index is -1.70. The fourth-order valence-corrected chi connectivity index (χ4v) is 5.00. The zero-order chi connectivity index (χ0) is 17.5. The molecule has 2 heterocycles. The van der Waals surface area contributed by atoms with Gasteiger partial charge in [0.05, 0.1) is 5.69 Å². The molecule has 0 radical (unpaired) electrons. The van der Waals surface area contributed by atoms with Gasteiger partial charge in [-0.25, -0.2) is 4.99 Å². The zero-order valence-electron chi connectivity index (χ0n) is 15.5. The van der Waals surface area contributed by atoms with Crippen LogP contribution in [0.3, 0.4) is 0 Å². The topological polar surface area (TPSA) is 24.8 Å². The molecule has 3 rings (SSSR count). The molecule has 1 saturated heterocycles. The van der Waals surface area contributed by atoms with Crippen LogP contribution in [-0.2, 0) is 11.0 Å². The SMILES string of the molecule is CC(C)(C)[Si](C)(C)OC1CCC2=Nc3ccc(Br)cc3CN2CC1. The van der Waals surface area contributed by atoms with Crippen molar-refractivity contribution in [3.8, 4) is 0 Å². The van der Waals surface area contributed by atoms with E-state index in [1.165, 1.54) is 11.4 Å². The molecule has 132 valence electrons. The van der Waals surface area contributed by atoms with Gasteiger partial charge in [0.1, 0.15) is 5.84 Å². The number of amidine groups is 1. The number of halogens is 1. The predicted molar refractivity (Wildman–Crippen MR) is 108 cm³/mol. The number of hydrogen-bond donors (Lipinski definition) is 0. The Hall–Kier alpha value is -0.653. The Kier molecular flexibility index (Phi) is 4.97. The third-order valence-corrected chi connectivity index (χ3v) is 10.7. The summed E-state index contributed by atoms with van der Waals surface area (Å²) < 4.78 is 7.81. The molecular formula is C19H29BrN2OSi. The normalized spacial score (nSPS) is 21.7. The molecule has 0 N–H and O–H groups in total. The highest BCUT2D eigenvalue weighted by atomic mass is 79.9. The van der Waals surface area contributed by atoms with Crippen LogP contribution in [0.5, 0.6) is 0 Å². The summed E-state index contributed by atoms with van der Waals surface area (Å²) in [5.74, 6) is 1.24. The molecule has 0 amide bonds. The third-order valence-electron chi connectivity index (χ3n) is 5.70. The lowest BCUT2D eigenvalue weighted by Gasteiger charge is -2.39. The van der Waals surface area contributed by atoms with Crippen LogP contribution in [0.25, 0.3) is 0 Å². The first-order valence-corrected chi connectivity index (χ1v) is 12.6. The highest BCUT2D eigenvalue weighted by molar-refractivity contribution is 9.10. The summed E-state index contributed by atoms with van der Waals surface area (Å²) in [4.78, 5) is 7.37. The summed E-state index contributed by atoms with van der Waals surface area (Å²) in [6, 6.07) is 6.40. The van der Waals surface area contributed by atoms with Gasteiger partial charge in [0.25, 0.3) is 0 Å². The molecule has 24 heavy (non-hydrogen) atoms. The van der Waals surface area contributed by atoms with Gasteiger partial charge < -0.3 is 9.33 Å². The van der Waals surface area contributed by atoms with Crippen LogP contribution in [-0.4, -0.2) is 31.7 Å². The van der Waals surface area contributed by atoms with E-state index in [0.717, 1.165) is 42.5 Å². The van der Waals surface area contributed by atoms with Gasteiger partial charge in [-0.05, 0) is 54.7 Å². The third kappa shape index (κ3) is 3.78. The van der Waals surface area contributed by atoms with Gasteiger partial charge in [-0.2, -0.15) is 0 Å². The second-order valence-corrected chi connectivity index (χ2v) is 14.2. The van der Waals surface area contributed by atoms with Crippen LogP contribution >= 0.6 is 15.9 Å². The highest BCUT2D eigenvalue weighted by Gasteiger charge is 2.39. The maximum absolute atomic E-state index is 6.68. The molecule has 5 heteroatoms. The van der Waals surface area contributed by atoms with Gasteiger partial charge >= 0.3 is 0 Å². The molecule has 0 aromatic heterocycles. The molecule has 1 aromatic carbocycles. The van der Waals surface area contributed by atoms with Crippen molar-refractivity contribution in [3.05, 3.63) is 28.2 Å². The number of benzene rings is 1. The van der Waals surface area contributed by atoms with E-state index in [4.69, 9.17) is 9.42 Å². The Morgan fingerprint density at radius 1 is 1.25 bits per heavy atom. The van der Waals surface area contributed by atoms with Crippen molar-refractivity contribution < 1.29 is 4.43 Å². The van der Waals surface area contributed by atoms with Crippen molar-refractivity contribution in [3.63, 3.8) is 0 Å². The van der Waals surface area contributed by atoms with Crippen molar-refractivity contribution in [2.24, 2.45) is 4.99 Å². The Morgan fingerprint density at radius 3 is 2.71 bits per heavy atom. The van der Waals surface area contributed by atoms with Gasteiger partial charge in [0.15, 0.2) is 8.32 Å². The summed E-state index contributed by atoms with van der Waals surface area (Å²) in [6.07, 6.45) is 3.59. The van der Waals surface area contributed by atoms with Crippen molar-refractivity contribution in [2.45, 2.75) is 70.8 Å². The van der Waals surface area contributed by atoms with Crippen LogP contribution < -0.4 is 0 Å². The molecule has 1 unspecified atom stereocenters. The summed E-state index contributed by atoms with van der Waals surface area (Å²) in [5.41, 5.74) is 2.45. The molecule has 0 aliphatic carbocycles. The van der Waals surface area contributed by atoms with Crippen LogP contribution in [0, 0.1) is 0 Å². The van der Waals surface area contributed by atoms with Crippen molar-refractivity contribution in [2.75, 3.05) is 6.54 Å². The maximum Gasteiger partial charge on any atom is 0.192 e. The molecule has 3 nitrogen and oxygen atoms in total. The highest BCUT2D eigenvalue weighted by Crippen LogP contribution is 2.39. The number of rotatable bonds is 2. The first-order chi connectivity index (χ1) is 11.2. The first-order valence-electron chi connectivity index (χ1n) is 8.94. The van der Waals surface area contributed by atoms with Crippen LogP contribution in [0.4, 0.5) is 5.69 Å². The summed E-state index contributed by atoms with van der Waals surface area (Å²) in [6.45, 7) is 13.7. The molecule has 1 aromatic rings. The second-order valence-electron chi connectivity index (χ2n) is 8.55. The quantitative estimate of drug-likeness (QED) is 0.571. The molecule has 1 fully saturated rings. The monoisotopic (exact) mass is 408 g/mol. The smallest absolute Gasteiger partial charge is 0.192 e. The Labute approximate surface area is 155 Å². The van der Waals surface area contributed by atoms with Gasteiger partial charge in [-0.3, -0.25) is 0 Å². The lowest BCUT2D eigenvalue weighted by atomic mass is 10.1. The fourth-order valence-electron chi connectivity index (χ4n) is 3.16. The largest absolute Gasteiger partial charge is 0.414 e. The zero-order valence-corrected chi connectivity index (χ0v) is 18.1. The average molecular weight is 409 g/mol. The lowest BCUT2D eigenvalue weighted by Crippen LogP contribution is -2.44. The van der Waals surface area contributed by atoms with Crippen molar-refractivity contribution in [1.82, 2.24) is 4.90 Å². The molecule has 2 aliphatic rings. The van der Waals surface area contributed by atoms with Gasteiger partial charge in [0, 0.05) is 30.1 Å².